The lowest BCUT2D eigenvalue weighted by Gasteiger charge is -2.23. The third kappa shape index (κ3) is 6.37. The molecule has 0 aromatic heterocycles. The molecule has 132 valence electrons. The van der Waals surface area contributed by atoms with Gasteiger partial charge in [-0.15, -0.1) is 25.6 Å². The van der Waals surface area contributed by atoms with Gasteiger partial charge in [0.1, 0.15) is 5.75 Å². The van der Waals surface area contributed by atoms with Crippen molar-refractivity contribution < 1.29 is 17.9 Å². The van der Waals surface area contributed by atoms with E-state index in [0.29, 0.717) is 12.2 Å². The Morgan fingerprint density at radius 2 is 1.79 bits per heavy atom. The maximum atomic E-state index is 12.1. The van der Waals surface area contributed by atoms with Gasteiger partial charge < -0.3 is 21.1 Å². The summed E-state index contributed by atoms with van der Waals surface area (Å²) in [6.07, 6.45) is 0.157. The number of nitrogens with zero attached hydrogens (tertiary/aromatic N) is 3. The molecule has 0 bridgehead atoms. The van der Waals surface area contributed by atoms with Gasteiger partial charge in [-0.2, -0.15) is 4.99 Å². The van der Waals surface area contributed by atoms with Crippen molar-refractivity contribution in [3.8, 4) is 5.75 Å². The van der Waals surface area contributed by atoms with E-state index in [0.717, 1.165) is 25.1 Å². The van der Waals surface area contributed by atoms with Crippen LogP contribution in [0.2, 0.25) is 0 Å². The van der Waals surface area contributed by atoms with Crippen molar-refractivity contribution >= 4 is 30.0 Å². The van der Waals surface area contributed by atoms with Gasteiger partial charge in [-0.25, -0.2) is 4.99 Å². The minimum absolute atomic E-state index is 0. The summed E-state index contributed by atoms with van der Waals surface area (Å²) in [5, 5.41) is 0. The third-order valence-electron chi connectivity index (χ3n) is 2.93. The van der Waals surface area contributed by atoms with Gasteiger partial charge in [0, 0.05) is 13.1 Å². The van der Waals surface area contributed by atoms with Crippen LogP contribution in [0.1, 0.15) is 6.42 Å². The van der Waals surface area contributed by atoms with Crippen molar-refractivity contribution in [3.63, 3.8) is 0 Å². The van der Waals surface area contributed by atoms with Crippen LogP contribution in [-0.4, -0.2) is 36.3 Å². The number of hydrogen-bond donors (Lipinski definition) is 2. The van der Waals surface area contributed by atoms with Crippen molar-refractivity contribution in [2.24, 2.45) is 21.5 Å². The molecule has 0 unspecified atom stereocenters. The van der Waals surface area contributed by atoms with E-state index in [1.807, 2.05) is 17.1 Å². The number of hydrogen-bond acceptors (Lipinski definition) is 2. The molecule has 0 fully saturated rings. The van der Waals surface area contributed by atoms with Crippen LogP contribution < -0.4 is 16.2 Å². The Morgan fingerprint density at radius 1 is 1.12 bits per heavy atom. The molecule has 6 nitrogen and oxygen atoms in total. The highest BCUT2D eigenvalue weighted by atomic mass is 35.5. The lowest BCUT2D eigenvalue weighted by molar-refractivity contribution is -0.274. The quantitative estimate of drug-likeness (QED) is 0.480. The maximum Gasteiger partial charge on any atom is 0.573 e. The maximum absolute atomic E-state index is 12.1. The number of halogens is 4. The zero-order chi connectivity index (χ0) is 16.9. The molecule has 2 rings (SSSR count). The van der Waals surface area contributed by atoms with Crippen LogP contribution in [-0.2, 0) is 0 Å². The molecule has 24 heavy (non-hydrogen) atoms. The van der Waals surface area contributed by atoms with Crippen LogP contribution in [0.5, 0.6) is 5.75 Å². The number of alkyl halides is 3. The molecule has 1 aliphatic rings. The normalized spacial score (nSPS) is 15.9. The van der Waals surface area contributed by atoms with E-state index in [1.54, 1.807) is 0 Å². The Kier molecular flexibility index (Phi) is 6.90. The second-order valence-electron chi connectivity index (χ2n) is 4.69. The Balaban J connectivity index is 0.00000288. The predicted molar refractivity (Wildman–Crippen MR) is 88.6 cm³/mol. The Labute approximate surface area is 143 Å². The average molecular weight is 364 g/mol. The SMILES string of the molecule is Cl.NC(=Nc1ccc(OC(F)(F)F)cc1)N=C(N)N1CC=CCC1. The van der Waals surface area contributed by atoms with E-state index in [2.05, 4.69) is 14.7 Å². The van der Waals surface area contributed by atoms with Gasteiger partial charge in [-0.1, -0.05) is 12.2 Å². The monoisotopic (exact) mass is 363 g/mol. The molecule has 0 radical (unpaired) electrons. The van der Waals surface area contributed by atoms with Gasteiger partial charge in [-0.3, -0.25) is 0 Å². The van der Waals surface area contributed by atoms with Crippen LogP contribution in [0.15, 0.2) is 46.4 Å². The Bertz CT molecular complexity index is 628. The van der Waals surface area contributed by atoms with Crippen molar-refractivity contribution in [1.29, 1.82) is 0 Å². The minimum atomic E-state index is -4.73. The second-order valence-corrected chi connectivity index (χ2v) is 4.69. The summed E-state index contributed by atoms with van der Waals surface area (Å²) in [4.78, 5) is 9.79. The molecule has 0 spiro atoms. The highest BCUT2D eigenvalue weighted by Gasteiger charge is 2.30. The van der Waals surface area contributed by atoms with Gasteiger partial charge in [-0.05, 0) is 30.7 Å². The number of rotatable bonds is 2. The average Bonchev–Trinajstić information content (AvgIpc) is 2.48. The van der Waals surface area contributed by atoms with Crippen LogP contribution in [0.4, 0.5) is 18.9 Å². The predicted octanol–water partition coefficient (Wildman–Crippen LogP) is 2.53. The topological polar surface area (TPSA) is 89.2 Å². The van der Waals surface area contributed by atoms with E-state index in [-0.39, 0.29) is 30.1 Å². The third-order valence-corrected chi connectivity index (χ3v) is 2.93. The fourth-order valence-electron chi connectivity index (χ4n) is 1.92. The first-order valence-electron chi connectivity index (χ1n) is 6.77. The van der Waals surface area contributed by atoms with Gasteiger partial charge >= 0.3 is 6.36 Å². The summed E-state index contributed by atoms with van der Waals surface area (Å²) < 4.78 is 39.9. The van der Waals surface area contributed by atoms with E-state index in [9.17, 15) is 13.2 Å². The molecule has 1 heterocycles. The molecule has 0 saturated heterocycles. The van der Waals surface area contributed by atoms with E-state index in [1.165, 1.54) is 12.1 Å². The van der Waals surface area contributed by atoms with Gasteiger partial charge in [0.2, 0.25) is 5.96 Å². The lowest BCUT2D eigenvalue weighted by Crippen LogP contribution is -2.40. The molecule has 1 aliphatic heterocycles. The summed E-state index contributed by atoms with van der Waals surface area (Å²) >= 11 is 0. The number of ether oxygens (including phenoxy) is 1. The van der Waals surface area contributed by atoms with Crippen molar-refractivity contribution in [2.75, 3.05) is 13.1 Å². The van der Waals surface area contributed by atoms with Crippen LogP contribution in [0, 0.1) is 0 Å². The summed E-state index contributed by atoms with van der Waals surface area (Å²) in [5.74, 6) is -0.174. The highest BCUT2D eigenvalue weighted by Crippen LogP contribution is 2.24. The zero-order valence-electron chi connectivity index (χ0n) is 12.5. The number of guanidine groups is 2. The van der Waals surface area contributed by atoms with E-state index < -0.39 is 6.36 Å². The standard InChI is InChI=1S/C14H16F3N5O.ClH/c15-14(16,17)23-11-6-4-10(5-7-11)20-12(18)21-13(19)22-8-2-1-3-9-22;/h1-2,4-7H,3,8-9H2,(H4,18,19,20,21);1H. The summed E-state index contributed by atoms with van der Waals surface area (Å²) in [5.41, 5.74) is 11.9. The Morgan fingerprint density at radius 3 is 2.33 bits per heavy atom. The molecular formula is C14H17ClF3N5O. The molecule has 4 N–H and O–H groups in total. The molecule has 0 saturated carbocycles. The van der Waals surface area contributed by atoms with Crippen molar-refractivity contribution in [1.82, 2.24) is 4.90 Å². The number of aliphatic imine (C=N–C) groups is 2. The molecule has 1 aromatic rings. The lowest BCUT2D eigenvalue weighted by atomic mass is 10.3. The molecule has 0 aliphatic carbocycles. The van der Waals surface area contributed by atoms with Gasteiger partial charge in [0.05, 0.1) is 5.69 Å². The summed E-state index contributed by atoms with van der Waals surface area (Å²) in [6, 6.07) is 4.96. The minimum Gasteiger partial charge on any atom is -0.406 e. The molecule has 0 amide bonds. The first-order chi connectivity index (χ1) is 10.8. The first kappa shape index (κ1) is 19.6. The Hall–Kier alpha value is -2.42. The smallest absolute Gasteiger partial charge is 0.406 e. The van der Waals surface area contributed by atoms with Crippen LogP contribution >= 0.6 is 12.4 Å². The molecule has 1 aromatic carbocycles. The molecule has 10 heteroatoms. The highest BCUT2D eigenvalue weighted by molar-refractivity contribution is 5.94. The first-order valence-corrected chi connectivity index (χ1v) is 6.77. The summed E-state index contributed by atoms with van der Waals surface area (Å²) in [6.45, 7) is 1.38. The molecular weight excluding hydrogens is 347 g/mol. The fourth-order valence-corrected chi connectivity index (χ4v) is 1.92. The van der Waals surface area contributed by atoms with Crippen LogP contribution in [0.25, 0.3) is 0 Å². The largest absolute Gasteiger partial charge is 0.573 e. The van der Waals surface area contributed by atoms with E-state index in [4.69, 9.17) is 11.5 Å². The molecule has 0 atom stereocenters. The number of nitrogens with two attached hydrogens (primary N) is 2. The van der Waals surface area contributed by atoms with Crippen LogP contribution in [0.3, 0.4) is 0 Å². The zero-order valence-corrected chi connectivity index (χ0v) is 13.3. The van der Waals surface area contributed by atoms with Gasteiger partial charge in [0.15, 0.2) is 5.96 Å². The number of benzene rings is 1. The summed E-state index contributed by atoms with van der Waals surface area (Å²) in [7, 11) is 0. The van der Waals surface area contributed by atoms with Gasteiger partial charge in [0.25, 0.3) is 0 Å². The fraction of sp³-hybridized carbons (Fsp3) is 0.286. The second kappa shape index (κ2) is 8.44. The van der Waals surface area contributed by atoms with Crippen molar-refractivity contribution in [3.05, 3.63) is 36.4 Å². The van der Waals surface area contributed by atoms with E-state index >= 15 is 0 Å². The van der Waals surface area contributed by atoms with Crippen molar-refractivity contribution in [2.45, 2.75) is 12.8 Å².